The molecule has 0 radical (unpaired) electrons. The Bertz CT molecular complexity index is 551. The van der Waals surface area contributed by atoms with E-state index in [1.165, 1.54) is 6.07 Å². The average molecular weight is 278 g/mol. The van der Waals surface area contributed by atoms with Crippen LogP contribution in [-0.2, 0) is 0 Å². The maximum Gasteiger partial charge on any atom is 0.123 e. The van der Waals surface area contributed by atoms with Crippen LogP contribution < -0.4 is 5.32 Å². The van der Waals surface area contributed by atoms with Gasteiger partial charge in [0.05, 0.1) is 6.04 Å². The molecule has 0 amide bonds. The number of benzene rings is 2. The smallest absolute Gasteiger partial charge is 0.123 e. The lowest BCUT2D eigenvalue weighted by Crippen LogP contribution is -2.22. The van der Waals surface area contributed by atoms with Crippen molar-refractivity contribution < 1.29 is 4.39 Å². The fraction of sp³-hybridized carbons (Fsp3) is 0.250. The van der Waals surface area contributed by atoms with Gasteiger partial charge in [-0.05, 0) is 54.4 Å². The molecule has 0 heterocycles. The third-order valence-corrected chi connectivity index (χ3v) is 3.41. The Kier molecular flexibility index (Phi) is 4.56. The fourth-order valence-electron chi connectivity index (χ4n) is 2.23. The second-order valence-corrected chi connectivity index (χ2v) is 4.98. The Morgan fingerprint density at radius 1 is 1.16 bits per heavy atom. The van der Waals surface area contributed by atoms with Crippen molar-refractivity contribution in [2.75, 3.05) is 6.54 Å². The maximum atomic E-state index is 13.2. The molecule has 0 aliphatic rings. The van der Waals surface area contributed by atoms with E-state index in [-0.39, 0.29) is 11.9 Å². The van der Waals surface area contributed by atoms with Gasteiger partial charge in [0.25, 0.3) is 0 Å². The molecule has 0 aliphatic carbocycles. The van der Waals surface area contributed by atoms with Crippen molar-refractivity contribution in [3.8, 4) is 0 Å². The van der Waals surface area contributed by atoms with E-state index in [2.05, 4.69) is 12.2 Å². The van der Waals surface area contributed by atoms with Crippen LogP contribution in [0.5, 0.6) is 0 Å². The molecular formula is C16H17ClFN. The first-order valence-electron chi connectivity index (χ1n) is 6.36. The highest BCUT2D eigenvalue weighted by Gasteiger charge is 2.15. The van der Waals surface area contributed by atoms with Gasteiger partial charge in [-0.25, -0.2) is 4.39 Å². The van der Waals surface area contributed by atoms with Gasteiger partial charge in [-0.2, -0.15) is 0 Å². The summed E-state index contributed by atoms with van der Waals surface area (Å²) in [6, 6.07) is 12.7. The van der Waals surface area contributed by atoms with Crippen LogP contribution in [0, 0.1) is 12.7 Å². The Morgan fingerprint density at radius 3 is 2.42 bits per heavy atom. The molecular weight excluding hydrogens is 261 g/mol. The quantitative estimate of drug-likeness (QED) is 0.868. The van der Waals surface area contributed by atoms with Crippen LogP contribution in [0.2, 0.25) is 5.02 Å². The number of aryl methyl sites for hydroxylation is 1. The molecule has 1 atom stereocenters. The number of rotatable bonds is 4. The van der Waals surface area contributed by atoms with Crippen LogP contribution in [0.15, 0.2) is 42.5 Å². The molecule has 0 aliphatic heterocycles. The van der Waals surface area contributed by atoms with E-state index in [9.17, 15) is 4.39 Å². The van der Waals surface area contributed by atoms with E-state index in [0.717, 1.165) is 28.3 Å². The van der Waals surface area contributed by atoms with Crippen LogP contribution >= 0.6 is 11.6 Å². The summed E-state index contributed by atoms with van der Waals surface area (Å²) in [5.74, 6) is -0.201. The first-order valence-corrected chi connectivity index (χ1v) is 6.74. The van der Waals surface area contributed by atoms with Crippen LogP contribution in [0.1, 0.15) is 29.7 Å². The van der Waals surface area contributed by atoms with Crippen LogP contribution in [-0.4, -0.2) is 6.54 Å². The normalized spacial score (nSPS) is 12.4. The number of nitrogens with one attached hydrogen (secondary N) is 1. The molecule has 0 saturated heterocycles. The van der Waals surface area contributed by atoms with Crippen molar-refractivity contribution in [2.45, 2.75) is 19.9 Å². The summed E-state index contributed by atoms with van der Waals surface area (Å²) in [5.41, 5.74) is 3.16. The molecule has 2 rings (SSSR count). The summed E-state index contributed by atoms with van der Waals surface area (Å²) in [5, 5.41) is 4.15. The highest BCUT2D eigenvalue weighted by molar-refractivity contribution is 6.30. The lowest BCUT2D eigenvalue weighted by molar-refractivity contribution is 0.610. The minimum atomic E-state index is -0.201. The predicted molar refractivity (Wildman–Crippen MR) is 78.1 cm³/mol. The molecule has 0 spiro atoms. The Balaban J connectivity index is 2.41. The molecule has 2 aromatic carbocycles. The Morgan fingerprint density at radius 2 is 1.84 bits per heavy atom. The van der Waals surface area contributed by atoms with Crippen molar-refractivity contribution in [3.63, 3.8) is 0 Å². The summed E-state index contributed by atoms with van der Waals surface area (Å²) in [6.45, 7) is 4.82. The minimum absolute atomic E-state index is 0.0582. The van der Waals surface area contributed by atoms with Crippen LogP contribution in [0.4, 0.5) is 4.39 Å². The molecule has 19 heavy (non-hydrogen) atoms. The van der Waals surface area contributed by atoms with E-state index in [1.807, 2.05) is 37.3 Å². The predicted octanol–water partition coefficient (Wildman–Crippen LogP) is 4.49. The van der Waals surface area contributed by atoms with Crippen molar-refractivity contribution in [1.82, 2.24) is 5.32 Å². The number of halogens is 2. The standard InChI is InChI=1S/C16H17ClFN/c1-3-19-16(12-4-6-13(17)7-5-12)15-9-8-14(18)10-11(15)2/h4-10,16,19H,3H2,1-2H3. The fourth-order valence-corrected chi connectivity index (χ4v) is 2.36. The molecule has 0 fully saturated rings. The molecule has 0 aromatic heterocycles. The van der Waals surface area contributed by atoms with E-state index < -0.39 is 0 Å². The van der Waals surface area contributed by atoms with Gasteiger partial charge in [-0.1, -0.05) is 36.7 Å². The van der Waals surface area contributed by atoms with Crippen molar-refractivity contribution in [3.05, 3.63) is 70.0 Å². The van der Waals surface area contributed by atoms with Gasteiger partial charge < -0.3 is 5.32 Å². The zero-order valence-corrected chi connectivity index (χ0v) is 11.8. The molecule has 1 nitrogen and oxygen atoms in total. The lowest BCUT2D eigenvalue weighted by Gasteiger charge is -2.21. The molecule has 1 N–H and O–H groups in total. The SMILES string of the molecule is CCNC(c1ccc(Cl)cc1)c1ccc(F)cc1C. The van der Waals surface area contributed by atoms with Crippen LogP contribution in [0.3, 0.4) is 0 Å². The first-order chi connectivity index (χ1) is 9.11. The van der Waals surface area contributed by atoms with Gasteiger partial charge in [0.1, 0.15) is 5.82 Å². The van der Waals surface area contributed by atoms with E-state index in [1.54, 1.807) is 6.07 Å². The molecule has 2 aromatic rings. The van der Waals surface area contributed by atoms with Crippen LogP contribution in [0.25, 0.3) is 0 Å². The molecule has 3 heteroatoms. The van der Waals surface area contributed by atoms with Gasteiger partial charge in [-0.3, -0.25) is 0 Å². The molecule has 1 unspecified atom stereocenters. The van der Waals surface area contributed by atoms with E-state index in [4.69, 9.17) is 11.6 Å². The van der Waals surface area contributed by atoms with Gasteiger partial charge in [0, 0.05) is 5.02 Å². The van der Waals surface area contributed by atoms with Gasteiger partial charge >= 0.3 is 0 Å². The largest absolute Gasteiger partial charge is 0.307 e. The third-order valence-electron chi connectivity index (χ3n) is 3.15. The number of hydrogen-bond acceptors (Lipinski definition) is 1. The third kappa shape index (κ3) is 3.34. The summed E-state index contributed by atoms with van der Waals surface area (Å²) >= 11 is 5.92. The summed E-state index contributed by atoms with van der Waals surface area (Å²) in [6.07, 6.45) is 0. The second-order valence-electron chi connectivity index (χ2n) is 4.54. The maximum absolute atomic E-state index is 13.2. The van der Waals surface area contributed by atoms with Gasteiger partial charge in [0.15, 0.2) is 0 Å². The highest BCUT2D eigenvalue weighted by atomic mass is 35.5. The first kappa shape index (κ1) is 14.0. The summed E-state index contributed by atoms with van der Waals surface area (Å²) in [7, 11) is 0. The lowest BCUT2D eigenvalue weighted by atomic mass is 9.95. The molecule has 0 saturated carbocycles. The Labute approximate surface area is 118 Å². The van der Waals surface area contributed by atoms with E-state index in [0.29, 0.717) is 0 Å². The van der Waals surface area contributed by atoms with Crippen molar-refractivity contribution >= 4 is 11.6 Å². The number of hydrogen-bond donors (Lipinski definition) is 1. The average Bonchev–Trinajstić information content (AvgIpc) is 2.38. The summed E-state index contributed by atoms with van der Waals surface area (Å²) < 4.78 is 13.2. The zero-order valence-electron chi connectivity index (χ0n) is 11.1. The molecule has 100 valence electrons. The van der Waals surface area contributed by atoms with Gasteiger partial charge in [-0.15, -0.1) is 0 Å². The highest BCUT2D eigenvalue weighted by Crippen LogP contribution is 2.26. The van der Waals surface area contributed by atoms with Crippen molar-refractivity contribution in [1.29, 1.82) is 0 Å². The Hall–Kier alpha value is -1.38. The topological polar surface area (TPSA) is 12.0 Å². The zero-order chi connectivity index (χ0) is 13.8. The monoisotopic (exact) mass is 277 g/mol. The van der Waals surface area contributed by atoms with Crippen molar-refractivity contribution in [2.24, 2.45) is 0 Å². The minimum Gasteiger partial charge on any atom is -0.307 e. The second kappa shape index (κ2) is 6.18. The molecule has 0 bridgehead atoms. The van der Waals surface area contributed by atoms with Gasteiger partial charge in [0.2, 0.25) is 0 Å². The summed E-state index contributed by atoms with van der Waals surface area (Å²) in [4.78, 5) is 0. The van der Waals surface area contributed by atoms with E-state index >= 15 is 0 Å².